The number of hydrogen-bond donors (Lipinski definition) is 1. The molecule has 4 rings (SSSR count). The van der Waals surface area contributed by atoms with E-state index in [1.54, 1.807) is 53.7 Å². The van der Waals surface area contributed by atoms with Gasteiger partial charge in [0.05, 0.1) is 10.6 Å². The molecule has 0 saturated carbocycles. The van der Waals surface area contributed by atoms with Gasteiger partial charge in [-0.25, -0.2) is 8.42 Å². The number of nitrogens with zero attached hydrogens (tertiary/aromatic N) is 2. The van der Waals surface area contributed by atoms with E-state index in [1.807, 2.05) is 18.2 Å². The van der Waals surface area contributed by atoms with Crippen molar-refractivity contribution in [3.8, 4) is 0 Å². The minimum Gasteiger partial charge on any atom is -0.308 e. The highest BCUT2D eigenvalue weighted by molar-refractivity contribution is 7.92. The molecule has 2 heterocycles. The van der Waals surface area contributed by atoms with Gasteiger partial charge in [-0.1, -0.05) is 32.0 Å². The number of benzene rings is 2. The molecule has 1 N–H and O–H groups in total. The summed E-state index contributed by atoms with van der Waals surface area (Å²) in [4.78, 5) is 18.7. The number of carbonyl (C=O) groups excluding carboxylic acids is 1. The summed E-state index contributed by atoms with van der Waals surface area (Å²) in [5.74, 6) is 0.204. The van der Waals surface area contributed by atoms with Gasteiger partial charge in [0, 0.05) is 30.2 Å². The van der Waals surface area contributed by atoms with Crippen molar-refractivity contribution in [3.05, 3.63) is 83.7 Å². The van der Waals surface area contributed by atoms with E-state index in [4.69, 9.17) is 0 Å². The Labute approximate surface area is 176 Å². The quantitative estimate of drug-likeness (QED) is 0.669. The first-order valence-electron chi connectivity index (χ1n) is 9.83. The Morgan fingerprint density at radius 3 is 2.40 bits per heavy atom. The molecule has 7 heteroatoms. The first-order valence-corrected chi connectivity index (χ1v) is 11.3. The number of aromatic nitrogens is 1. The first-order chi connectivity index (χ1) is 14.3. The maximum Gasteiger partial charge on any atom is 0.261 e. The zero-order valence-electron chi connectivity index (χ0n) is 16.9. The zero-order valence-corrected chi connectivity index (χ0v) is 17.7. The maximum absolute atomic E-state index is 12.9. The van der Waals surface area contributed by atoms with Crippen molar-refractivity contribution in [2.24, 2.45) is 0 Å². The lowest BCUT2D eigenvalue weighted by Crippen LogP contribution is -2.28. The highest BCUT2D eigenvalue weighted by Gasteiger charge is 2.26. The third-order valence-electron chi connectivity index (χ3n) is 5.26. The lowest BCUT2D eigenvalue weighted by atomic mass is 10.0. The molecule has 0 atom stereocenters. The standard InChI is InChI=1S/C23H23N3O3S/c1-16(2)17-4-7-21(8-5-17)30(28,29)25-20-6-3-18-11-14-26(22(18)15-20)23(27)19-9-12-24-13-10-19/h3-10,12-13,15-16,25H,11,14H2,1-2H3. The fraction of sp³-hybridized carbons (Fsp3) is 0.217. The Bertz CT molecular complexity index is 1170. The number of sulfonamides is 1. The predicted octanol–water partition coefficient (Wildman–Crippen LogP) is 4.21. The van der Waals surface area contributed by atoms with Gasteiger partial charge in [-0.05, 0) is 59.9 Å². The smallest absolute Gasteiger partial charge is 0.261 e. The second kappa shape index (κ2) is 7.91. The van der Waals surface area contributed by atoms with E-state index < -0.39 is 10.0 Å². The summed E-state index contributed by atoms with van der Waals surface area (Å²) in [6.07, 6.45) is 3.90. The topological polar surface area (TPSA) is 79.4 Å². The maximum atomic E-state index is 12.9. The van der Waals surface area contributed by atoms with E-state index >= 15 is 0 Å². The molecule has 0 spiro atoms. The molecule has 6 nitrogen and oxygen atoms in total. The van der Waals surface area contributed by atoms with Crippen molar-refractivity contribution in [3.63, 3.8) is 0 Å². The summed E-state index contributed by atoms with van der Waals surface area (Å²) < 4.78 is 28.3. The monoisotopic (exact) mass is 421 g/mol. The highest BCUT2D eigenvalue weighted by atomic mass is 32.2. The van der Waals surface area contributed by atoms with Crippen LogP contribution in [0.4, 0.5) is 11.4 Å². The van der Waals surface area contributed by atoms with Crippen LogP contribution in [0.25, 0.3) is 0 Å². The van der Waals surface area contributed by atoms with Gasteiger partial charge in [-0.15, -0.1) is 0 Å². The summed E-state index contributed by atoms with van der Waals surface area (Å²) in [5, 5.41) is 0. The average molecular weight is 422 g/mol. The second-order valence-corrected chi connectivity index (χ2v) is 9.30. The van der Waals surface area contributed by atoms with E-state index in [0.29, 0.717) is 23.7 Å². The molecule has 30 heavy (non-hydrogen) atoms. The van der Waals surface area contributed by atoms with Crippen molar-refractivity contribution < 1.29 is 13.2 Å². The number of anilines is 2. The Balaban J connectivity index is 1.59. The Kier molecular flexibility index (Phi) is 5.30. The minimum absolute atomic E-state index is 0.125. The van der Waals surface area contributed by atoms with Crippen LogP contribution in [0.5, 0.6) is 0 Å². The molecule has 1 aliphatic rings. The number of nitrogens with one attached hydrogen (secondary N) is 1. The van der Waals surface area contributed by atoms with Crippen LogP contribution in [0.15, 0.2) is 71.9 Å². The summed E-state index contributed by atoms with van der Waals surface area (Å²) >= 11 is 0. The fourth-order valence-corrected chi connectivity index (χ4v) is 4.60. The van der Waals surface area contributed by atoms with Gasteiger partial charge >= 0.3 is 0 Å². The van der Waals surface area contributed by atoms with Crippen LogP contribution in [0, 0.1) is 0 Å². The van der Waals surface area contributed by atoms with Crippen LogP contribution in [-0.2, 0) is 16.4 Å². The third kappa shape index (κ3) is 3.93. The average Bonchev–Trinajstić information content (AvgIpc) is 3.17. The van der Waals surface area contributed by atoms with Gasteiger partial charge in [0.25, 0.3) is 15.9 Å². The van der Waals surface area contributed by atoms with E-state index in [-0.39, 0.29) is 10.8 Å². The van der Waals surface area contributed by atoms with E-state index in [0.717, 1.165) is 23.2 Å². The summed E-state index contributed by atoms with van der Waals surface area (Å²) in [6, 6.07) is 15.6. The van der Waals surface area contributed by atoms with Crippen LogP contribution < -0.4 is 9.62 Å². The normalized spacial score (nSPS) is 13.4. The van der Waals surface area contributed by atoms with E-state index in [1.165, 1.54) is 0 Å². The van der Waals surface area contributed by atoms with E-state index in [9.17, 15) is 13.2 Å². The summed E-state index contributed by atoms with van der Waals surface area (Å²) in [7, 11) is -3.72. The number of carbonyl (C=O) groups is 1. The molecular weight excluding hydrogens is 398 g/mol. The van der Waals surface area contributed by atoms with Crippen molar-refractivity contribution in [1.82, 2.24) is 4.98 Å². The molecule has 1 amide bonds. The summed E-state index contributed by atoms with van der Waals surface area (Å²) in [5.41, 5.74) is 3.80. The number of pyridine rings is 1. The molecule has 154 valence electrons. The predicted molar refractivity (Wildman–Crippen MR) is 117 cm³/mol. The van der Waals surface area contributed by atoms with Crippen LogP contribution in [0.1, 0.15) is 41.3 Å². The lowest BCUT2D eigenvalue weighted by Gasteiger charge is -2.18. The SMILES string of the molecule is CC(C)c1ccc(S(=O)(=O)Nc2ccc3c(c2)N(C(=O)c2ccncc2)CC3)cc1. The van der Waals surface area contributed by atoms with Gasteiger partial charge in [0.15, 0.2) is 0 Å². The van der Waals surface area contributed by atoms with Crippen molar-refractivity contribution in [1.29, 1.82) is 0 Å². The highest BCUT2D eigenvalue weighted by Crippen LogP contribution is 2.33. The van der Waals surface area contributed by atoms with Crippen molar-refractivity contribution in [2.45, 2.75) is 31.1 Å². The molecule has 0 bridgehead atoms. The Morgan fingerprint density at radius 1 is 1.03 bits per heavy atom. The van der Waals surface area contributed by atoms with Gasteiger partial charge in [-0.3, -0.25) is 14.5 Å². The Morgan fingerprint density at radius 2 is 1.73 bits per heavy atom. The number of fused-ring (bicyclic) bond motifs is 1. The molecule has 1 aromatic heterocycles. The molecule has 2 aromatic carbocycles. The summed E-state index contributed by atoms with van der Waals surface area (Å²) in [6.45, 7) is 4.68. The van der Waals surface area contributed by atoms with Gasteiger partial charge in [0.1, 0.15) is 0 Å². The van der Waals surface area contributed by atoms with Gasteiger partial charge < -0.3 is 4.90 Å². The molecule has 0 saturated heterocycles. The van der Waals surface area contributed by atoms with Gasteiger partial charge in [0.2, 0.25) is 0 Å². The molecule has 0 aliphatic carbocycles. The molecule has 0 unspecified atom stereocenters. The first kappa shape index (κ1) is 20.1. The molecule has 1 aliphatic heterocycles. The molecule has 3 aromatic rings. The van der Waals surface area contributed by atoms with Gasteiger partial charge in [-0.2, -0.15) is 0 Å². The number of hydrogen-bond acceptors (Lipinski definition) is 4. The van der Waals surface area contributed by atoms with Crippen LogP contribution in [0.3, 0.4) is 0 Å². The van der Waals surface area contributed by atoms with Crippen LogP contribution >= 0.6 is 0 Å². The molecular formula is C23H23N3O3S. The Hall–Kier alpha value is -3.19. The largest absolute Gasteiger partial charge is 0.308 e. The number of rotatable bonds is 5. The van der Waals surface area contributed by atoms with E-state index in [2.05, 4.69) is 23.6 Å². The minimum atomic E-state index is -3.72. The van der Waals surface area contributed by atoms with Crippen LogP contribution in [-0.4, -0.2) is 25.9 Å². The zero-order chi connectivity index (χ0) is 21.3. The second-order valence-electron chi connectivity index (χ2n) is 7.62. The molecule has 0 fully saturated rings. The number of amides is 1. The van der Waals surface area contributed by atoms with Crippen molar-refractivity contribution in [2.75, 3.05) is 16.2 Å². The fourth-order valence-electron chi connectivity index (χ4n) is 3.55. The molecule has 0 radical (unpaired) electrons. The van der Waals surface area contributed by atoms with Crippen molar-refractivity contribution >= 4 is 27.3 Å². The van der Waals surface area contributed by atoms with Crippen LogP contribution in [0.2, 0.25) is 0 Å². The lowest BCUT2D eigenvalue weighted by molar-refractivity contribution is 0.0989. The third-order valence-corrected chi connectivity index (χ3v) is 6.66.